The summed E-state index contributed by atoms with van der Waals surface area (Å²) in [6.45, 7) is 2.42. The molecule has 0 unspecified atom stereocenters. The summed E-state index contributed by atoms with van der Waals surface area (Å²) in [4.78, 5) is 15.8. The molecular formula is C21H24N2O5. The van der Waals surface area contributed by atoms with Crippen molar-refractivity contribution in [2.45, 2.75) is 13.3 Å². The lowest BCUT2D eigenvalue weighted by molar-refractivity contribution is -0.115. The molecular weight excluding hydrogens is 360 g/mol. The minimum Gasteiger partial charge on any atom is -0.493 e. The zero-order valence-corrected chi connectivity index (χ0v) is 16.4. The number of nitrogens with one attached hydrogen (secondary N) is 2. The summed E-state index contributed by atoms with van der Waals surface area (Å²) >= 11 is 0. The third kappa shape index (κ3) is 3.69. The molecule has 2 N–H and O–H groups in total. The number of hydrogen-bond acceptors (Lipinski definition) is 5. The third-order valence-corrected chi connectivity index (χ3v) is 4.37. The number of rotatable bonds is 8. The Morgan fingerprint density at radius 2 is 1.79 bits per heavy atom. The molecule has 0 saturated carbocycles. The highest BCUT2D eigenvalue weighted by Gasteiger charge is 2.21. The van der Waals surface area contributed by atoms with Crippen molar-refractivity contribution in [3.63, 3.8) is 0 Å². The van der Waals surface area contributed by atoms with E-state index >= 15 is 0 Å². The number of H-pyrrole nitrogens is 1. The lowest BCUT2D eigenvalue weighted by Gasteiger charge is -2.14. The van der Waals surface area contributed by atoms with Crippen molar-refractivity contribution >= 4 is 22.5 Å². The predicted molar refractivity (Wildman–Crippen MR) is 108 cm³/mol. The van der Waals surface area contributed by atoms with Crippen LogP contribution in [0.5, 0.6) is 23.0 Å². The van der Waals surface area contributed by atoms with Crippen LogP contribution in [-0.4, -0.2) is 38.8 Å². The topological polar surface area (TPSA) is 81.8 Å². The first-order chi connectivity index (χ1) is 13.6. The van der Waals surface area contributed by atoms with Crippen LogP contribution in [0.2, 0.25) is 0 Å². The van der Waals surface area contributed by atoms with Gasteiger partial charge in [0.15, 0.2) is 11.5 Å². The fourth-order valence-corrected chi connectivity index (χ4v) is 3.18. The molecule has 0 aliphatic carbocycles. The number of hydrogen-bond donors (Lipinski definition) is 2. The van der Waals surface area contributed by atoms with Crippen LogP contribution in [-0.2, 0) is 11.2 Å². The van der Waals surface area contributed by atoms with E-state index in [0.717, 1.165) is 16.5 Å². The quantitative estimate of drug-likeness (QED) is 0.618. The number of ether oxygens (including phenoxy) is 4. The number of fused-ring (bicyclic) bond motifs is 1. The Morgan fingerprint density at radius 1 is 1.04 bits per heavy atom. The summed E-state index contributed by atoms with van der Waals surface area (Å²) in [5.74, 6) is 2.04. The third-order valence-electron chi connectivity index (χ3n) is 4.37. The average molecular weight is 384 g/mol. The second-order valence-electron chi connectivity index (χ2n) is 6.04. The molecule has 0 fully saturated rings. The molecule has 148 valence electrons. The van der Waals surface area contributed by atoms with Gasteiger partial charge in [0, 0.05) is 17.6 Å². The average Bonchev–Trinajstić information content (AvgIpc) is 3.10. The maximum absolute atomic E-state index is 12.7. The first-order valence-electron chi connectivity index (χ1n) is 8.93. The number of carbonyl (C=O) groups excluding carboxylic acids is 1. The first-order valence-corrected chi connectivity index (χ1v) is 8.93. The van der Waals surface area contributed by atoms with Gasteiger partial charge in [0.25, 0.3) is 0 Å². The van der Waals surface area contributed by atoms with Gasteiger partial charge in [-0.1, -0.05) is 12.1 Å². The van der Waals surface area contributed by atoms with Gasteiger partial charge < -0.3 is 29.2 Å². The lowest BCUT2D eigenvalue weighted by atomic mass is 10.1. The van der Waals surface area contributed by atoms with Crippen LogP contribution in [0.4, 0.5) is 5.69 Å². The monoisotopic (exact) mass is 384 g/mol. The van der Waals surface area contributed by atoms with Gasteiger partial charge >= 0.3 is 0 Å². The van der Waals surface area contributed by atoms with Gasteiger partial charge in [-0.3, -0.25) is 4.79 Å². The minimum absolute atomic E-state index is 0.159. The fraction of sp³-hybridized carbons (Fsp3) is 0.286. The first kappa shape index (κ1) is 19.4. The van der Waals surface area contributed by atoms with Crippen molar-refractivity contribution < 1.29 is 23.7 Å². The van der Waals surface area contributed by atoms with Crippen molar-refractivity contribution in [2.75, 3.05) is 33.3 Å². The molecule has 1 amide bonds. The molecule has 0 bridgehead atoms. The summed E-state index contributed by atoms with van der Waals surface area (Å²) in [6.07, 6.45) is 1.95. The number of para-hydroxylation sites is 2. The van der Waals surface area contributed by atoms with E-state index < -0.39 is 0 Å². The summed E-state index contributed by atoms with van der Waals surface area (Å²) in [6, 6.07) is 9.18. The molecule has 0 saturated heterocycles. The minimum atomic E-state index is -0.162. The molecule has 3 rings (SSSR count). The van der Waals surface area contributed by atoms with Crippen molar-refractivity contribution in [1.82, 2.24) is 4.98 Å². The molecule has 0 aliphatic heterocycles. The van der Waals surface area contributed by atoms with E-state index in [2.05, 4.69) is 10.3 Å². The van der Waals surface area contributed by atoms with Crippen LogP contribution in [0.1, 0.15) is 12.5 Å². The van der Waals surface area contributed by atoms with Gasteiger partial charge in [-0.15, -0.1) is 0 Å². The van der Waals surface area contributed by atoms with E-state index in [9.17, 15) is 4.79 Å². The smallest absolute Gasteiger partial charge is 0.228 e. The molecule has 7 nitrogen and oxygen atoms in total. The predicted octanol–water partition coefficient (Wildman–Crippen LogP) is 3.77. The fourth-order valence-electron chi connectivity index (χ4n) is 3.18. The van der Waals surface area contributed by atoms with Crippen LogP contribution in [0, 0.1) is 0 Å². The number of methoxy groups -OCH3 is 3. The van der Waals surface area contributed by atoms with E-state index in [0.29, 0.717) is 35.3 Å². The number of carbonyl (C=O) groups is 1. The van der Waals surface area contributed by atoms with Crippen LogP contribution >= 0.6 is 0 Å². The van der Waals surface area contributed by atoms with Crippen molar-refractivity contribution in [3.05, 3.63) is 42.1 Å². The van der Waals surface area contributed by atoms with Crippen LogP contribution < -0.4 is 24.3 Å². The number of aromatic nitrogens is 1. The van der Waals surface area contributed by atoms with E-state index in [1.165, 1.54) is 0 Å². The zero-order valence-electron chi connectivity index (χ0n) is 16.4. The Balaban J connectivity index is 1.92. The highest BCUT2D eigenvalue weighted by Crippen LogP contribution is 2.44. The molecule has 28 heavy (non-hydrogen) atoms. The number of benzene rings is 2. The van der Waals surface area contributed by atoms with Gasteiger partial charge in [0.1, 0.15) is 5.75 Å². The molecule has 0 spiro atoms. The van der Waals surface area contributed by atoms with Crippen LogP contribution in [0.25, 0.3) is 10.9 Å². The van der Waals surface area contributed by atoms with E-state index in [-0.39, 0.29) is 12.3 Å². The molecule has 0 atom stereocenters. The lowest BCUT2D eigenvalue weighted by Crippen LogP contribution is -2.15. The number of amides is 1. The molecule has 1 heterocycles. The molecule has 0 radical (unpaired) electrons. The van der Waals surface area contributed by atoms with Crippen molar-refractivity contribution in [3.8, 4) is 23.0 Å². The summed E-state index contributed by atoms with van der Waals surface area (Å²) in [5.41, 5.74) is 2.23. The summed E-state index contributed by atoms with van der Waals surface area (Å²) in [5, 5.41) is 3.70. The molecule has 0 aliphatic rings. The number of anilines is 1. The van der Waals surface area contributed by atoms with Gasteiger partial charge in [0.2, 0.25) is 11.7 Å². The molecule has 7 heteroatoms. The van der Waals surface area contributed by atoms with E-state index in [1.54, 1.807) is 27.5 Å². The Labute approximate surface area is 163 Å². The second-order valence-corrected chi connectivity index (χ2v) is 6.04. The Morgan fingerprint density at radius 3 is 2.46 bits per heavy atom. The highest BCUT2D eigenvalue weighted by molar-refractivity contribution is 6.00. The van der Waals surface area contributed by atoms with Gasteiger partial charge in [-0.25, -0.2) is 0 Å². The normalized spacial score (nSPS) is 10.6. The second kappa shape index (κ2) is 8.56. The highest BCUT2D eigenvalue weighted by atomic mass is 16.5. The Kier molecular flexibility index (Phi) is 5.93. The largest absolute Gasteiger partial charge is 0.493 e. The van der Waals surface area contributed by atoms with Crippen LogP contribution in [0.15, 0.2) is 36.5 Å². The summed E-state index contributed by atoms with van der Waals surface area (Å²) in [7, 11) is 4.68. The number of aromatic amines is 1. The van der Waals surface area contributed by atoms with Gasteiger partial charge in [-0.05, 0) is 24.6 Å². The maximum Gasteiger partial charge on any atom is 0.228 e. The molecule has 1 aromatic heterocycles. The standard InChI is InChI=1S/C21H24N2O5/c1-5-28-16-9-7-6-8-14(16)23-18(24)10-13-12-22-15-11-17(25-2)20(26-3)21(27-4)19(13)15/h6-9,11-12,22H,5,10H2,1-4H3,(H,23,24). The van der Waals surface area contributed by atoms with Crippen molar-refractivity contribution in [2.24, 2.45) is 0 Å². The summed E-state index contributed by atoms with van der Waals surface area (Å²) < 4.78 is 22.0. The van der Waals surface area contributed by atoms with Gasteiger partial charge in [-0.2, -0.15) is 0 Å². The van der Waals surface area contributed by atoms with Crippen LogP contribution in [0.3, 0.4) is 0 Å². The molecule has 3 aromatic rings. The maximum atomic E-state index is 12.7. The van der Waals surface area contributed by atoms with E-state index in [1.807, 2.05) is 37.3 Å². The SMILES string of the molecule is CCOc1ccccc1NC(=O)Cc1c[nH]c2cc(OC)c(OC)c(OC)c12. The Bertz CT molecular complexity index is 980. The van der Waals surface area contributed by atoms with E-state index in [4.69, 9.17) is 18.9 Å². The molecule has 2 aromatic carbocycles. The van der Waals surface area contributed by atoms with Crippen molar-refractivity contribution in [1.29, 1.82) is 0 Å². The zero-order chi connectivity index (χ0) is 20.1. The van der Waals surface area contributed by atoms with Gasteiger partial charge in [0.05, 0.1) is 45.6 Å². The Hall–Kier alpha value is -3.35.